The number of nitriles is 1. The van der Waals surface area contributed by atoms with Crippen LogP contribution in [0.25, 0.3) is 22.3 Å². The van der Waals surface area contributed by atoms with Gasteiger partial charge in [0.25, 0.3) is 0 Å². The Balaban J connectivity index is 1.73. The van der Waals surface area contributed by atoms with Crippen molar-refractivity contribution in [1.29, 1.82) is 5.26 Å². The lowest BCUT2D eigenvalue weighted by atomic mass is 10.1. The molecule has 0 radical (unpaired) electrons. The zero-order valence-electron chi connectivity index (χ0n) is 14.8. The fraction of sp³-hybridized carbons (Fsp3) is 0.0435. The second-order valence-corrected chi connectivity index (χ2v) is 6.21. The maximum absolute atomic E-state index is 12.5. The number of phenolic OH excluding ortho intramolecular Hbond substituents is 1. The zero-order valence-corrected chi connectivity index (χ0v) is 14.8. The van der Waals surface area contributed by atoms with E-state index in [1.54, 1.807) is 24.3 Å². The van der Waals surface area contributed by atoms with Crippen LogP contribution in [0.2, 0.25) is 0 Å². The highest BCUT2D eigenvalue weighted by Crippen LogP contribution is 2.31. The van der Waals surface area contributed by atoms with Crippen LogP contribution in [-0.4, -0.2) is 5.11 Å². The standard InChI is InChI=1S/C23H15NO4/c24-13-16-8-4-5-9-17(16)14-27-18-10-19(25)23-20(26)12-21(28-22(23)11-18)15-6-2-1-3-7-15/h1-12,25H,14H2. The van der Waals surface area contributed by atoms with Gasteiger partial charge in [-0.2, -0.15) is 5.26 Å². The minimum absolute atomic E-state index is 0.101. The van der Waals surface area contributed by atoms with Crippen LogP contribution >= 0.6 is 0 Å². The Morgan fingerprint density at radius 3 is 2.54 bits per heavy atom. The molecule has 0 aliphatic heterocycles. The van der Waals surface area contributed by atoms with Crippen molar-refractivity contribution >= 4 is 11.0 Å². The largest absolute Gasteiger partial charge is 0.507 e. The Labute approximate surface area is 160 Å². The normalized spacial score (nSPS) is 10.5. The van der Waals surface area contributed by atoms with Gasteiger partial charge in [0.05, 0.1) is 11.6 Å². The third kappa shape index (κ3) is 3.31. The van der Waals surface area contributed by atoms with Crippen LogP contribution in [0.1, 0.15) is 11.1 Å². The van der Waals surface area contributed by atoms with Crippen LogP contribution in [0.5, 0.6) is 11.5 Å². The van der Waals surface area contributed by atoms with Gasteiger partial charge in [-0.05, 0) is 6.07 Å². The molecule has 1 N–H and O–H groups in total. The summed E-state index contributed by atoms with van der Waals surface area (Å²) in [5.74, 6) is 0.532. The first-order valence-electron chi connectivity index (χ1n) is 8.63. The molecule has 1 heterocycles. The van der Waals surface area contributed by atoms with E-state index in [0.717, 1.165) is 11.1 Å². The average molecular weight is 369 g/mol. The van der Waals surface area contributed by atoms with Crippen LogP contribution in [-0.2, 0) is 6.61 Å². The first-order valence-corrected chi connectivity index (χ1v) is 8.63. The van der Waals surface area contributed by atoms with E-state index in [1.165, 1.54) is 12.1 Å². The first kappa shape index (κ1) is 17.4. The van der Waals surface area contributed by atoms with Crippen molar-refractivity contribution in [2.75, 3.05) is 0 Å². The Bertz CT molecular complexity index is 1250. The summed E-state index contributed by atoms with van der Waals surface area (Å²) in [6.45, 7) is 0.150. The number of fused-ring (bicyclic) bond motifs is 1. The minimum Gasteiger partial charge on any atom is -0.507 e. The van der Waals surface area contributed by atoms with Gasteiger partial charge in [0.1, 0.15) is 34.8 Å². The maximum atomic E-state index is 12.5. The molecule has 5 nitrogen and oxygen atoms in total. The van der Waals surface area contributed by atoms with Crippen LogP contribution in [0.3, 0.4) is 0 Å². The highest BCUT2D eigenvalue weighted by Gasteiger charge is 2.13. The summed E-state index contributed by atoms with van der Waals surface area (Å²) in [6.07, 6.45) is 0. The molecule has 0 saturated carbocycles. The van der Waals surface area contributed by atoms with E-state index < -0.39 is 0 Å². The predicted molar refractivity (Wildman–Crippen MR) is 105 cm³/mol. The van der Waals surface area contributed by atoms with Crippen molar-refractivity contribution in [2.45, 2.75) is 6.61 Å². The highest BCUT2D eigenvalue weighted by molar-refractivity contribution is 5.86. The SMILES string of the molecule is N#Cc1ccccc1COc1cc(O)c2c(=O)cc(-c3ccccc3)oc2c1. The summed E-state index contributed by atoms with van der Waals surface area (Å²) in [7, 11) is 0. The third-order valence-electron chi connectivity index (χ3n) is 4.37. The van der Waals surface area contributed by atoms with Gasteiger partial charge in [0, 0.05) is 29.3 Å². The van der Waals surface area contributed by atoms with Crippen molar-refractivity contribution in [2.24, 2.45) is 0 Å². The lowest BCUT2D eigenvalue weighted by Gasteiger charge is -2.10. The molecule has 0 saturated heterocycles. The maximum Gasteiger partial charge on any atom is 0.197 e. The van der Waals surface area contributed by atoms with Gasteiger partial charge in [0.15, 0.2) is 5.43 Å². The summed E-state index contributed by atoms with van der Waals surface area (Å²) in [5.41, 5.74) is 1.90. The van der Waals surface area contributed by atoms with Crippen molar-refractivity contribution in [1.82, 2.24) is 0 Å². The van der Waals surface area contributed by atoms with Crippen LogP contribution in [0.15, 0.2) is 82.0 Å². The van der Waals surface area contributed by atoms with Gasteiger partial charge in [-0.25, -0.2) is 0 Å². The Morgan fingerprint density at radius 2 is 1.75 bits per heavy atom. The minimum atomic E-state index is -0.334. The molecule has 5 heteroatoms. The molecule has 136 valence electrons. The quantitative estimate of drug-likeness (QED) is 0.568. The van der Waals surface area contributed by atoms with Crippen LogP contribution in [0.4, 0.5) is 0 Å². The molecule has 0 fully saturated rings. The summed E-state index contributed by atoms with van der Waals surface area (Å²) >= 11 is 0. The predicted octanol–water partition coefficient (Wildman–Crippen LogP) is 4.62. The molecular weight excluding hydrogens is 354 g/mol. The molecule has 3 aromatic carbocycles. The lowest BCUT2D eigenvalue weighted by molar-refractivity contribution is 0.304. The van der Waals surface area contributed by atoms with E-state index in [-0.39, 0.29) is 28.8 Å². The molecule has 0 unspecified atom stereocenters. The first-order chi connectivity index (χ1) is 13.7. The molecule has 0 amide bonds. The molecule has 0 aliphatic carbocycles. The number of hydrogen-bond acceptors (Lipinski definition) is 5. The fourth-order valence-electron chi connectivity index (χ4n) is 2.99. The van der Waals surface area contributed by atoms with Crippen molar-refractivity contribution < 1.29 is 14.3 Å². The lowest BCUT2D eigenvalue weighted by Crippen LogP contribution is -2.02. The van der Waals surface area contributed by atoms with Crippen LogP contribution in [0, 0.1) is 11.3 Å². The molecule has 0 bridgehead atoms. The zero-order chi connectivity index (χ0) is 19.5. The summed E-state index contributed by atoms with van der Waals surface area (Å²) < 4.78 is 11.6. The summed E-state index contributed by atoms with van der Waals surface area (Å²) in [4.78, 5) is 12.5. The van der Waals surface area contributed by atoms with Gasteiger partial charge in [-0.1, -0.05) is 48.5 Å². The van der Waals surface area contributed by atoms with Gasteiger partial charge in [-0.3, -0.25) is 4.79 Å². The highest BCUT2D eigenvalue weighted by atomic mass is 16.5. The molecule has 4 rings (SSSR count). The number of phenols is 1. The van der Waals surface area contributed by atoms with E-state index in [1.807, 2.05) is 36.4 Å². The van der Waals surface area contributed by atoms with E-state index in [2.05, 4.69) is 6.07 Å². The molecule has 4 aromatic rings. The number of nitrogens with zero attached hydrogens (tertiary/aromatic N) is 1. The topological polar surface area (TPSA) is 83.5 Å². The number of hydrogen-bond donors (Lipinski definition) is 1. The summed E-state index contributed by atoms with van der Waals surface area (Å²) in [5, 5.41) is 19.6. The van der Waals surface area contributed by atoms with Gasteiger partial charge in [0.2, 0.25) is 0 Å². The molecular formula is C23H15NO4. The second-order valence-electron chi connectivity index (χ2n) is 6.21. The van der Waals surface area contributed by atoms with Crippen LogP contribution < -0.4 is 10.2 Å². The Hall–Kier alpha value is -4.04. The number of benzene rings is 3. The van der Waals surface area contributed by atoms with Gasteiger partial charge >= 0.3 is 0 Å². The smallest absolute Gasteiger partial charge is 0.197 e. The van der Waals surface area contributed by atoms with E-state index in [0.29, 0.717) is 17.1 Å². The molecule has 28 heavy (non-hydrogen) atoms. The van der Waals surface area contributed by atoms with E-state index in [4.69, 9.17) is 9.15 Å². The summed E-state index contributed by atoms with van der Waals surface area (Å²) in [6, 6.07) is 22.8. The average Bonchev–Trinajstić information content (AvgIpc) is 2.72. The molecule has 0 atom stereocenters. The van der Waals surface area contributed by atoms with E-state index >= 15 is 0 Å². The van der Waals surface area contributed by atoms with Gasteiger partial charge < -0.3 is 14.3 Å². The second kappa shape index (κ2) is 7.29. The van der Waals surface area contributed by atoms with Gasteiger partial charge in [-0.15, -0.1) is 0 Å². The Kier molecular flexibility index (Phi) is 4.53. The van der Waals surface area contributed by atoms with Crippen molar-refractivity contribution in [3.8, 4) is 28.9 Å². The Morgan fingerprint density at radius 1 is 1.00 bits per heavy atom. The number of rotatable bonds is 4. The molecule has 0 spiro atoms. The van der Waals surface area contributed by atoms with Crippen molar-refractivity contribution in [3.63, 3.8) is 0 Å². The number of ether oxygens (including phenoxy) is 1. The third-order valence-corrected chi connectivity index (χ3v) is 4.37. The monoisotopic (exact) mass is 369 g/mol. The molecule has 0 aliphatic rings. The van der Waals surface area contributed by atoms with Crippen molar-refractivity contribution in [3.05, 3.63) is 94.1 Å². The fourth-order valence-corrected chi connectivity index (χ4v) is 2.99. The molecule has 1 aromatic heterocycles. The van der Waals surface area contributed by atoms with E-state index in [9.17, 15) is 15.2 Å². The number of aromatic hydroxyl groups is 1.